The molecule has 58 valence electrons. The number of hydrogen-bond donors (Lipinski definition) is 0. The second-order valence-corrected chi connectivity index (χ2v) is 3.22. The third kappa shape index (κ3) is 1.30. The highest BCUT2D eigenvalue weighted by atomic mass is 31.1. The van der Waals surface area contributed by atoms with Crippen LogP contribution < -0.4 is 0 Å². The van der Waals surface area contributed by atoms with E-state index in [2.05, 4.69) is 9.26 Å². The first-order chi connectivity index (χ1) is 4.75. The van der Waals surface area contributed by atoms with Gasteiger partial charge in [-0.2, -0.15) is 0 Å². The number of nitrogens with zero attached hydrogens (tertiary/aromatic N) is 1. The van der Waals surface area contributed by atoms with Gasteiger partial charge in [0.2, 0.25) is 0 Å². The molecule has 0 spiro atoms. The van der Waals surface area contributed by atoms with Crippen molar-refractivity contribution in [3.63, 3.8) is 0 Å². The largest absolute Gasteiger partial charge is 0.447 e. The highest BCUT2D eigenvalue weighted by molar-refractivity contribution is 7.37. The monoisotopic (exact) mass is 165 g/mol. The Bertz CT molecular complexity index is 171. The van der Waals surface area contributed by atoms with E-state index in [0.717, 1.165) is 4.67 Å². The molecule has 0 N–H and O–H groups in total. The van der Waals surface area contributed by atoms with E-state index in [4.69, 9.17) is 0 Å². The molecule has 5 nitrogen and oxygen atoms in total. The summed E-state index contributed by atoms with van der Waals surface area (Å²) in [6.45, 7) is 0.670. The molecule has 1 saturated heterocycles. The predicted molar refractivity (Wildman–Crippen MR) is 34.1 cm³/mol. The molecule has 1 heterocycles. The first kappa shape index (κ1) is 7.57. The maximum absolute atomic E-state index is 10.8. The third-order valence-electron chi connectivity index (χ3n) is 1.16. The smallest absolute Gasteiger partial charge is 0.416 e. The molecule has 1 fully saturated rings. The van der Waals surface area contributed by atoms with Gasteiger partial charge in [0, 0.05) is 7.11 Å². The number of ether oxygens (including phenoxy) is 1. The third-order valence-corrected chi connectivity index (χ3v) is 2.35. The summed E-state index contributed by atoms with van der Waals surface area (Å²) in [5, 5.41) is 0. The number of carbonyl (C=O) groups excluding carboxylic acids is 1. The van der Waals surface area contributed by atoms with E-state index in [-0.39, 0.29) is 0 Å². The summed E-state index contributed by atoms with van der Waals surface area (Å²) in [4.78, 5) is 10.6. The zero-order valence-corrected chi connectivity index (χ0v) is 6.49. The van der Waals surface area contributed by atoms with Crippen molar-refractivity contribution in [1.29, 1.82) is 0 Å². The second kappa shape index (κ2) is 3.03. The number of carbonyl (C=O) groups is 1. The lowest BCUT2D eigenvalue weighted by atomic mass is 10.7. The van der Waals surface area contributed by atoms with Crippen LogP contribution in [0.3, 0.4) is 0 Å². The second-order valence-electron chi connectivity index (χ2n) is 1.74. The van der Waals surface area contributed by atoms with Crippen molar-refractivity contribution < 1.29 is 18.6 Å². The van der Waals surface area contributed by atoms with Gasteiger partial charge in [-0.1, -0.05) is 0 Å². The van der Waals surface area contributed by atoms with Gasteiger partial charge in [0.1, 0.15) is 6.61 Å². The van der Waals surface area contributed by atoms with Gasteiger partial charge in [-0.25, -0.2) is 9.46 Å². The topological polar surface area (TPSA) is 55.8 Å². The highest BCUT2D eigenvalue weighted by Crippen LogP contribution is 2.29. The summed E-state index contributed by atoms with van der Waals surface area (Å²) in [7, 11) is -1.05. The van der Waals surface area contributed by atoms with E-state index in [9.17, 15) is 9.36 Å². The Morgan fingerprint density at radius 3 is 2.90 bits per heavy atom. The Morgan fingerprint density at radius 2 is 2.50 bits per heavy atom. The highest BCUT2D eigenvalue weighted by Gasteiger charge is 2.26. The quantitative estimate of drug-likeness (QED) is 0.558. The minimum Gasteiger partial charge on any atom is -0.447 e. The first-order valence-electron chi connectivity index (χ1n) is 2.78. The van der Waals surface area contributed by atoms with Crippen molar-refractivity contribution in [1.82, 2.24) is 4.67 Å². The first-order valence-corrected chi connectivity index (χ1v) is 4.04. The summed E-state index contributed by atoms with van der Waals surface area (Å²) in [5.74, 6) is 0. The molecule has 1 rings (SSSR count). The van der Waals surface area contributed by atoms with E-state index in [0.29, 0.717) is 13.2 Å². The van der Waals surface area contributed by atoms with Crippen LogP contribution in [0.2, 0.25) is 0 Å². The number of rotatable bonds is 2. The van der Waals surface area contributed by atoms with E-state index in [1.54, 1.807) is 0 Å². The van der Waals surface area contributed by atoms with Crippen molar-refractivity contribution in [3.05, 3.63) is 0 Å². The molecule has 1 unspecified atom stereocenters. The van der Waals surface area contributed by atoms with Crippen LogP contribution in [0.25, 0.3) is 0 Å². The van der Waals surface area contributed by atoms with E-state index >= 15 is 0 Å². The van der Waals surface area contributed by atoms with Gasteiger partial charge in [0.25, 0.3) is 8.18 Å². The Kier molecular flexibility index (Phi) is 2.29. The van der Waals surface area contributed by atoms with E-state index in [1.165, 1.54) is 7.11 Å². The van der Waals surface area contributed by atoms with E-state index in [1.807, 2.05) is 0 Å². The maximum atomic E-state index is 10.8. The van der Waals surface area contributed by atoms with Crippen LogP contribution in [0.1, 0.15) is 0 Å². The molecule has 0 bridgehead atoms. The zero-order chi connectivity index (χ0) is 7.56. The summed E-state index contributed by atoms with van der Waals surface area (Å²) >= 11 is 0. The fourth-order valence-electron chi connectivity index (χ4n) is 0.669. The van der Waals surface area contributed by atoms with Gasteiger partial charge in [-0.15, -0.1) is 0 Å². The molecule has 0 radical (unpaired) electrons. The van der Waals surface area contributed by atoms with Crippen LogP contribution in [-0.2, 0) is 13.8 Å². The fourth-order valence-corrected chi connectivity index (χ4v) is 1.38. The van der Waals surface area contributed by atoms with E-state index < -0.39 is 14.3 Å². The molecule has 1 atom stereocenters. The van der Waals surface area contributed by atoms with Crippen LogP contribution in [0.5, 0.6) is 0 Å². The molecule has 10 heavy (non-hydrogen) atoms. The lowest BCUT2D eigenvalue weighted by Crippen LogP contribution is -2.15. The Balaban J connectivity index is 2.55. The molecule has 0 saturated carbocycles. The standard InChI is InChI=1S/C4H8NO4P/c1-8-10(7)5-2-3-9-4(5)6/h10H,2-3H2,1H3. The van der Waals surface area contributed by atoms with Crippen molar-refractivity contribution >= 4 is 14.3 Å². The molecule has 0 aromatic heterocycles. The molecular weight excluding hydrogens is 157 g/mol. The predicted octanol–water partition coefficient (Wildman–Crippen LogP) is 0.475. The zero-order valence-electron chi connectivity index (χ0n) is 5.49. The molecule has 1 amide bonds. The van der Waals surface area contributed by atoms with Crippen LogP contribution in [0, 0.1) is 0 Å². The van der Waals surface area contributed by atoms with Gasteiger partial charge in [-0.3, -0.25) is 4.57 Å². The molecular formula is C4H8NO4P. The van der Waals surface area contributed by atoms with Crippen LogP contribution in [0.4, 0.5) is 4.79 Å². The lowest BCUT2D eigenvalue weighted by molar-refractivity contribution is 0.168. The van der Waals surface area contributed by atoms with Crippen molar-refractivity contribution in [3.8, 4) is 0 Å². The number of amides is 1. The van der Waals surface area contributed by atoms with Crippen LogP contribution in [-0.4, -0.2) is 31.0 Å². The average Bonchev–Trinajstić information content (AvgIpc) is 2.34. The Morgan fingerprint density at radius 1 is 1.80 bits per heavy atom. The number of hydrogen-bond acceptors (Lipinski definition) is 4. The molecule has 1 aliphatic rings. The summed E-state index contributed by atoms with van der Waals surface area (Å²) < 4.78 is 20.9. The summed E-state index contributed by atoms with van der Waals surface area (Å²) in [5.41, 5.74) is 0. The molecule has 6 heteroatoms. The average molecular weight is 165 g/mol. The van der Waals surface area contributed by atoms with Gasteiger partial charge in [0.05, 0.1) is 6.54 Å². The Labute approximate surface area is 58.8 Å². The van der Waals surface area contributed by atoms with Crippen molar-refractivity contribution in [2.24, 2.45) is 0 Å². The van der Waals surface area contributed by atoms with Gasteiger partial charge >= 0.3 is 6.09 Å². The van der Waals surface area contributed by atoms with Gasteiger partial charge in [-0.05, 0) is 0 Å². The van der Waals surface area contributed by atoms with Crippen LogP contribution in [0.15, 0.2) is 0 Å². The van der Waals surface area contributed by atoms with Crippen LogP contribution >= 0.6 is 8.18 Å². The number of cyclic esters (lactones) is 1. The minimum atomic E-state index is -2.35. The molecule has 0 aromatic carbocycles. The SMILES string of the molecule is CO[PH](=O)N1CCOC1=O. The van der Waals surface area contributed by atoms with Gasteiger partial charge < -0.3 is 9.26 Å². The summed E-state index contributed by atoms with van der Waals surface area (Å²) in [6.07, 6.45) is -0.550. The normalized spacial score (nSPS) is 20.9. The minimum absolute atomic E-state index is 0.304. The molecule has 1 aliphatic heterocycles. The summed E-state index contributed by atoms with van der Waals surface area (Å²) in [6, 6.07) is 0. The Hall–Kier alpha value is -0.540. The van der Waals surface area contributed by atoms with Gasteiger partial charge in [0.15, 0.2) is 0 Å². The van der Waals surface area contributed by atoms with Crippen molar-refractivity contribution in [2.45, 2.75) is 0 Å². The lowest BCUT2D eigenvalue weighted by Gasteiger charge is -2.08. The maximum Gasteiger partial charge on any atom is 0.416 e. The fraction of sp³-hybridized carbons (Fsp3) is 0.750. The molecule has 0 aliphatic carbocycles. The molecule has 0 aromatic rings. The van der Waals surface area contributed by atoms with Crippen molar-refractivity contribution in [2.75, 3.05) is 20.3 Å².